The van der Waals surface area contributed by atoms with Gasteiger partial charge in [0.2, 0.25) is 0 Å². The SMILES string of the molecule is Cc1cc(/C=N\NC(=O)c2ccccc2Br)c(C)n1C[C@H]1CCCO1. The number of aromatic nitrogens is 1. The van der Waals surface area contributed by atoms with E-state index in [1.165, 1.54) is 5.69 Å². The van der Waals surface area contributed by atoms with Gasteiger partial charge in [-0.05, 0) is 60.8 Å². The number of aryl methyl sites for hydroxylation is 1. The predicted octanol–water partition coefficient (Wildman–Crippen LogP) is 3.81. The fraction of sp³-hybridized carbons (Fsp3) is 0.368. The van der Waals surface area contributed by atoms with E-state index in [9.17, 15) is 4.79 Å². The second-order valence-electron chi connectivity index (χ2n) is 6.25. The van der Waals surface area contributed by atoms with E-state index in [1.54, 1.807) is 12.3 Å². The minimum absolute atomic E-state index is 0.239. The van der Waals surface area contributed by atoms with E-state index in [1.807, 2.05) is 18.2 Å². The molecule has 0 spiro atoms. The van der Waals surface area contributed by atoms with Gasteiger partial charge in [0.15, 0.2) is 0 Å². The van der Waals surface area contributed by atoms with Gasteiger partial charge in [-0.15, -0.1) is 0 Å². The van der Waals surface area contributed by atoms with Crippen LogP contribution in [-0.2, 0) is 11.3 Å². The van der Waals surface area contributed by atoms with E-state index >= 15 is 0 Å². The van der Waals surface area contributed by atoms with Crippen molar-refractivity contribution in [1.29, 1.82) is 0 Å². The van der Waals surface area contributed by atoms with Crippen LogP contribution in [0.3, 0.4) is 0 Å². The molecule has 1 atom stereocenters. The van der Waals surface area contributed by atoms with Crippen molar-refractivity contribution in [3.63, 3.8) is 0 Å². The van der Waals surface area contributed by atoms with Crippen LogP contribution in [0.15, 0.2) is 39.9 Å². The normalized spacial score (nSPS) is 17.3. The molecular formula is C19H22BrN3O2. The van der Waals surface area contributed by atoms with E-state index in [0.717, 1.165) is 41.7 Å². The van der Waals surface area contributed by atoms with Gasteiger partial charge in [0.05, 0.1) is 17.9 Å². The summed E-state index contributed by atoms with van der Waals surface area (Å²) in [6.07, 6.45) is 4.25. The Morgan fingerprint density at radius 1 is 1.44 bits per heavy atom. The van der Waals surface area contributed by atoms with Gasteiger partial charge in [-0.3, -0.25) is 4.79 Å². The van der Waals surface area contributed by atoms with E-state index in [4.69, 9.17) is 4.74 Å². The molecule has 1 aliphatic rings. The molecule has 2 heterocycles. The summed E-state index contributed by atoms with van der Waals surface area (Å²) in [5, 5.41) is 4.12. The summed E-state index contributed by atoms with van der Waals surface area (Å²) < 4.78 is 8.74. The molecule has 3 rings (SSSR count). The number of halogens is 1. The highest BCUT2D eigenvalue weighted by Gasteiger charge is 2.18. The molecule has 0 radical (unpaired) electrons. The van der Waals surface area contributed by atoms with Crippen LogP contribution in [0.4, 0.5) is 0 Å². The van der Waals surface area contributed by atoms with Crippen molar-refractivity contribution in [2.75, 3.05) is 6.61 Å². The van der Waals surface area contributed by atoms with Crippen LogP contribution in [0.25, 0.3) is 0 Å². The molecule has 1 aromatic heterocycles. The number of carbonyl (C=O) groups is 1. The smallest absolute Gasteiger partial charge is 0.272 e. The van der Waals surface area contributed by atoms with Gasteiger partial charge in [0.25, 0.3) is 5.91 Å². The largest absolute Gasteiger partial charge is 0.376 e. The Morgan fingerprint density at radius 3 is 2.96 bits per heavy atom. The molecule has 1 amide bonds. The number of rotatable bonds is 5. The van der Waals surface area contributed by atoms with Crippen molar-refractivity contribution in [2.24, 2.45) is 5.10 Å². The average Bonchev–Trinajstić information content (AvgIpc) is 3.19. The highest BCUT2D eigenvalue weighted by Crippen LogP contribution is 2.19. The number of benzene rings is 1. The minimum atomic E-state index is -0.239. The Morgan fingerprint density at radius 2 is 2.24 bits per heavy atom. The number of nitrogens with one attached hydrogen (secondary N) is 1. The summed E-state index contributed by atoms with van der Waals surface area (Å²) in [6.45, 7) is 5.88. The predicted molar refractivity (Wildman–Crippen MR) is 102 cm³/mol. The van der Waals surface area contributed by atoms with Crippen LogP contribution >= 0.6 is 15.9 Å². The Hall–Kier alpha value is -1.92. The second kappa shape index (κ2) is 7.97. The summed E-state index contributed by atoms with van der Waals surface area (Å²) in [4.78, 5) is 12.2. The van der Waals surface area contributed by atoms with Crippen LogP contribution < -0.4 is 5.43 Å². The molecule has 0 saturated carbocycles. The molecule has 0 aliphatic carbocycles. The molecule has 0 bridgehead atoms. The molecule has 132 valence electrons. The summed E-state index contributed by atoms with van der Waals surface area (Å²) in [6, 6.07) is 9.35. The number of hydrogen-bond acceptors (Lipinski definition) is 3. The zero-order chi connectivity index (χ0) is 17.8. The highest BCUT2D eigenvalue weighted by atomic mass is 79.9. The van der Waals surface area contributed by atoms with Gasteiger partial charge in [-0.25, -0.2) is 5.43 Å². The van der Waals surface area contributed by atoms with Crippen LogP contribution in [0, 0.1) is 13.8 Å². The quantitative estimate of drug-likeness (QED) is 0.609. The molecular weight excluding hydrogens is 382 g/mol. The monoisotopic (exact) mass is 403 g/mol. The first kappa shape index (κ1) is 17.9. The van der Waals surface area contributed by atoms with Crippen molar-refractivity contribution in [1.82, 2.24) is 9.99 Å². The molecule has 25 heavy (non-hydrogen) atoms. The number of hydrazone groups is 1. The molecule has 1 saturated heterocycles. The lowest BCUT2D eigenvalue weighted by Crippen LogP contribution is -2.18. The van der Waals surface area contributed by atoms with Crippen molar-refractivity contribution in [3.05, 3.63) is 57.3 Å². The number of amides is 1. The van der Waals surface area contributed by atoms with Crippen molar-refractivity contribution in [3.8, 4) is 0 Å². The Bertz CT molecular complexity index is 792. The number of ether oxygens (including phenoxy) is 1. The zero-order valence-corrected chi connectivity index (χ0v) is 16.0. The van der Waals surface area contributed by atoms with E-state index in [-0.39, 0.29) is 5.91 Å². The van der Waals surface area contributed by atoms with E-state index in [2.05, 4.69) is 50.9 Å². The average molecular weight is 404 g/mol. The first-order valence-corrected chi connectivity index (χ1v) is 9.22. The van der Waals surface area contributed by atoms with Gasteiger partial charge in [0, 0.05) is 34.6 Å². The Labute approximate surface area is 156 Å². The summed E-state index contributed by atoms with van der Waals surface area (Å²) in [5.41, 5.74) is 6.45. The van der Waals surface area contributed by atoms with E-state index < -0.39 is 0 Å². The van der Waals surface area contributed by atoms with Gasteiger partial charge in [-0.2, -0.15) is 5.10 Å². The summed E-state index contributed by atoms with van der Waals surface area (Å²) >= 11 is 3.37. The highest BCUT2D eigenvalue weighted by molar-refractivity contribution is 9.10. The first-order valence-electron chi connectivity index (χ1n) is 8.42. The third-order valence-corrected chi connectivity index (χ3v) is 5.20. The van der Waals surface area contributed by atoms with Gasteiger partial charge < -0.3 is 9.30 Å². The fourth-order valence-electron chi connectivity index (χ4n) is 3.10. The molecule has 1 N–H and O–H groups in total. The van der Waals surface area contributed by atoms with Crippen molar-refractivity contribution >= 4 is 28.1 Å². The number of hydrogen-bond donors (Lipinski definition) is 1. The Balaban J connectivity index is 1.67. The number of carbonyl (C=O) groups excluding carboxylic acids is 1. The standard InChI is InChI=1S/C19H22BrN3O2/c1-13-10-15(14(2)23(13)12-16-6-5-9-25-16)11-21-22-19(24)17-7-3-4-8-18(17)20/h3-4,7-8,10-11,16H,5-6,9,12H2,1-2H3,(H,22,24)/b21-11-/t16-/m1/s1. The minimum Gasteiger partial charge on any atom is -0.376 e. The molecule has 1 aliphatic heterocycles. The Kier molecular flexibility index (Phi) is 5.71. The van der Waals surface area contributed by atoms with Crippen LogP contribution in [0.5, 0.6) is 0 Å². The van der Waals surface area contributed by atoms with Crippen LogP contribution in [-0.4, -0.2) is 29.4 Å². The molecule has 5 nitrogen and oxygen atoms in total. The van der Waals surface area contributed by atoms with Crippen LogP contribution in [0.2, 0.25) is 0 Å². The molecule has 6 heteroatoms. The maximum absolute atomic E-state index is 12.2. The lowest BCUT2D eigenvalue weighted by Gasteiger charge is -2.14. The van der Waals surface area contributed by atoms with Crippen molar-refractivity contribution < 1.29 is 9.53 Å². The molecule has 2 aromatic rings. The van der Waals surface area contributed by atoms with Crippen LogP contribution in [0.1, 0.15) is 40.2 Å². The third kappa shape index (κ3) is 4.19. The van der Waals surface area contributed by atoms with Gasteiger partial charge in [0.1, 0.15) is 0 Å². The topological polar surface area (TPSA) is 55.6 Å². The zero-order valence-electron chi connectivity index (χ0n) is 14.5. The number of nitrogens with zero attached hydrogens (tertiary/aromatic N) is 2. The van der Waals surface area contributed by atoms with E-state index in [0.29, 0.717) is 11.7 Å². The molecule has 1 aromatic carbocycles. The summed E-state index contributed by atoms with van der Waals surface area (Å²) in [5.74, 6) is -0.239. The van der Waals surface area contributed by atoms with Gasteiger partial charge >= 0.3 is 0 Å². The fourth-order valence-corrected chi connectivity index (χ4v) is 3.56. The lowest BCUT2D eigenvalue weighted by atomic mass is 10.2. The van der Waals surface area contributed by atoms with Gasteiger partial charge in [-0.1, -0.05) is 12.1 Å². The maximum Gasteiger partial charge on any atom is 0.272 e. The first-order chi connectivity index (χ1) is 12.1. The molecule has 0 unspecified atom stereocenters. The van der Waals surface area contributed by atoms with Crippen molar-refractivity contribution in [2.45, 2.75) is 39.3 Å². The summed E-state index contributed by atoms with van der Waals surface area (Å²) in [7, 11) is 0. The maximum atomic E-state index is 12.2. The second-order valence-corrected chi connectivity index (χ2v) is 7.11. The molecule has 1 fully saturated rings. The third-order valence-electron chi connectivity index (χ3n) is 4.51. The lowest BCUT2D eigenvalue weighted by molar-refractivity contribution is 0.0953.